The highest BCUT2D eigenvalue weighted by Gasteiger charge is 2.07. The molecule has 0 amide bonds. The van der Waals surface area contributed by atoms with Crippen LogP contribution in [0.5, 0.6) is 0 Å². The summed E-state index contributed by atoms with van der Waals surface area (Å²) in [6.45, 7) is 0.677. The number of nitrogens with one attached hydrogen (secondary N) is 1. The smallest absolute Gasteiger partial charge is 0.336 e. The molecule has 2 N–H and O–H groups in total. The maximum absolute atomic E-state index is 11.5. The molecule has 0 bridgehead atoms. The summed E-state index contributed by atoms with van der Waals surface area (Å²) in [6, 6.07) is 6.84. The van der Waals surface area contributed by atoms with E-state index in [1.54, 1.807) is 13.2 Å². The van der Waals surface area contributed by atoms with Gasteiger partial charge in [-0.05, 0) is 17.7 Å². The molecule has 1 unspecified atom stereocenters. The van der Waals surface area contributed by atoms with Crippen LogP contribution in [0.4, 0.5) is 5.69 Å². The van der Waals surface area contributed by atoms with Gasteiger partial charge in [-0.15, -0.1) is 11.6 Å². The van der Waals surface area contributed by atoms with Crippen molar-refractivity contribution in [3.63, 3.8) is 0 Å². The van der Waals surface area contributed by atoms with E-state index in [1.165, 1.54) is 6.07 Å². The highest BCUT2D eigenvalue weighted by atomic mass is 35.5. The van der Waals surface area contributed by atoms with Gasteiger partial charge in [0.05, 0.1) is 18.6 Å². The third-order valence-corrected chi connectivity index (χ3v) is 3.21. The predicted octanol–water partition coefficient (Wildman–Crippen LogP) is 1.95. The second kappa shape index (κ2) is 6.74. The summed E-state index contributed by atoms with van der Waals surface area (Å²) >= 11 is 5.53. The highest BCUT2D eigenvalue weighted by Crippen LogP contribution is 2.21. The SMILES string of the molecule is COCc1cc(=O)oc2cc(NCC(O)CCl)ccc12. The lowest BCUT2D eigenvalue weighted by Crippen LogP contribution is -2.20. The van der Waals surface area contributed by atoms with Crippen molar-refractivity contribution in [2.45, 2.75) is 12.7 Å². The zero-order chi connectivity index (χ0) is 14.5. The molecule has 1 atom stereocenters. The van der Waals surface area contributed by atoms with Crippen LogP contribution in [0.1, 0.15) is 5.56 Å². The lowest BCUT2D eigenvalue weighted by molar-refractivity contribution is 0.185. The van der Waals surface area contributed by atoms with Crippen LogP contribution in [-0.2, 0) is 11.3 Å². The summed E-state index contributed by atoms with van der Waals surface area (Å²) in [7, 11) is 1.57. The molecule has 0 saturated heterocycles. The van der Waals surface area contributed by atoms with Gasteiger partial charge in [0.25, 0.3) is 0 Å². The lowest BCUT2D eigenvalue weighted by Gasteiger charge is -2.11. The number of hydrogen-bond donors (Lipinski definition) is 2. The quantitative estimate of drug-likeness (QED) is 0.630. The molecule has 0 saturated carbocycles. The topological polar surface area (TPSA) is 71.7 Å². The van der Waals surface area contributed by atoms with Gasteiger partial charge in [-0.1, -0.05) is 0 Å². The Morgan fingerprint density at radius 3 is 2.95 bits per heavy atom. The number of alkyl halides is 1. The van der Waals surface area contributed by atoms with Crippen molar-refractivity contribution in [3.8, 4) is 0 Å². The number of rotatable bonds is 6. The Morgan fingerprint density at radius 2 is 2.25 bits per heavy atom. The van der Waals surface area contributed by atoms with Crippen molar-refractivity contribution in [1.82, 2.24) is 0 Å². The lowest BCUT2D eigenvalue weighted by atomic mass is 10.1. The van der Waals surface area contributed by atoms with Gasteiger partial charge >= 0.3 is 5.63 Å². The maximum Gasteiger partial charge on any atom is 0.336 e. The largest absolute Gasteiger partial charge is 0.423 e. The molecule has 5 nitrogen and oxygen atoms in total. The number of aliphatic hydroxyl groups excluding tert-OH is 1. The molecule has 0 fully saturated rings. The second-order valence-corrected chi connectivity index (χ2v) is 4.73. The summed E-state index contributed by atoms with van der Waals surface area (Å²) in [5, 5.41) is 13.3. The minimum absolute atomic E-state index is 0.160. The Kier molecular flexibility index (Phi) is 5.00. The van der Waals surface area contributed by atoms with Crippen LogP contribution < -0.4 is 10.9 Å². The summed E-state index contributed by atoms with van der Waals surface area (Å²) in [5.74, 6) is 0.160. The Balaban J connectivity index is 2.31. The molecule has 20 heavy (non-hydrogen) atoms. The van der Waals surface area contributed by atoms with Crippen LogP contribution in [0.15, 0.2) is 33.5 Å². The number of benzene rings is 1. The maximum atomic E-state index is 11.5. The molecule has 0 aliphatic carbocycles. The molecule has 0 spiro atoms. The predicted molar refractivity (Wildman–Crippen MR) is 78.4 cm³/mol. The van der Waals surface area contributed by atoms with Gasteiger partial charge in [0.2, 0.25) is 0 Å². The van der Waals surface area contributed by atoms with E-state index in [4.69, 9.17) is 20.8 Å². The first-order chi connectivity index (χ1) is 9.63. The van der Waals surface area contributed by atoms with Crippen LogP contribution in [-0.4, -0.2) is 30.7 Å². The minimum Gasteiger partial charge on any atom is -0.423 e. The van der Waals surface area contributed by atoms with Crippen molar-refractivity contribution in [3.05, 3.63) is 40.2 Å². The molecule has 1 aromatic carbocycles. The van der Waals surface area contributed by atoms with E-state index in [2.05, 4.69) is 5.32 Å². The van der Waals surface area contributed by atoms with E-state index in [1.807, 2.05) is 12.1 Å². The number of hydrogen-bond acceptors (Lipinski definition) is 5. The molecule has 2 aromatic rings. The average molecular weight is 298 g/mol. The van der Waals surface area contributed by atoms with Crippen molar-refractivity contribution in [2.24, 2.45) is 0 Å². The average Bonchev–Trinajstić information content (AvgIpc) is 2.44. The summed E-state index contributed by atoms with van der Waals surface area (Å²) in [4.78, 5) is 11.5. The summed E-state index contributed by atoms with van der Waals surface area (Å²) in [5.41, 5.74) is 1.60. The number of fused-ring (bicyclic) bond motifs is 1. The van der Waals surface area contributed by atoms with Gasteiger partial charge in [0.1, 0.15) is 5.58 Å². The van der Waals surface area contributed by atoms with Gasteiger partial charge in [-0.25, -0.2) is 4.79 Å². The first-order valence-corrected chi connectivity index (χ1v) is 6.71. The molecule has 2 rings (SSSR count). The van der Waals surface area contributed by atoms with Crippen LogP contribution >= 0.6 is 11.6 Å². The Bertz CT molecular complexity index is 641. The fraction of sp³-hybridized carbons (Fsp3) is 0.357. The number of halogens is 1. The first-order valence-electron chi connectivity index (χ1n) is 6.17. The van der Waals surface area contributed by atoms with Crippen molar-refractivity contribution in [2.75, 3.05) is 24.9 Å². The summed E-state index contributed by atoms with van der Waals surface area (Å²) < 4.78 is 10.3. The van der Waals surface area contributed by atoms with Gasteiger partial charge in [-0.3, -0.25) is 0 Å². The monoisotopic (exact) mass is 297 g/mol. The number of ether oxygens (including phenoxy) is 1. The molecule has 1 heterocycles. The van der Waals surface area contributed by atoms with Crippen molar-refractivity contribution >= 4 is 28.3 Å². The van der Waals surface area contributed by atoms with E-state index >= 15 is 0 Å². The van der Waals surface area contributed by atoms with E-state index < -0.39 is 11.7 Å². The molecule has 0 aliphatic rings. The Hall–Kier alpha value is -1.56. The fourth-order valence-electron chi connectivity index (χ4n) is 1.91. The molecule has 6 heteroatoms. The fourth-order valence-corrected chi connectivity index (χ4v) is 2.01. The van der Waals surface area contributed by atoms with E-state index in [-0.39, 0.29) is 5.88 Å². The van der Waals surface area contributed by atoms with Crippen molar-refractivity contribution < 1.29 is 14.3 Å². The van der Waals surface area contributed by atoms with Gasteiger partial charge < -0.3 is 19.6 Å². The second-order valence-electron chi connectivity index (χ2n) is 4.42. The van der Waals surface area contributed by atoms with E-state index in [0.29, 0.717) is 18.7 Å². The number of methoxy groups -OCH3 is 1. The van der Waals surface area contributed by atoms with Crippen LogP contribution in [0.25, 0.3) is 11.0 Å². The zero-order valence-electron chi connectivity index (χ0n) is 11.1. The zero-order valence-corrected chi connectivity index (χ0v) is 11.8. The molecule has 0 aliphatic heterocycles. The molecule has 1 aromatic heterocycles. The molecule has 108 valence electrons. The normalized spacial score (nSPS) is 12.6. The summed E-state index contributed by atoms with van der Waals surface area (Å²) in [6.07, 6.45) is -0.626. The molecular weight excluding hydrogens is 282 g/mol. The van der Waals surface area contributed by atoms with E-state index in [0.717, 1.165) is 16.6 Å². The number of aliphatic hydroxyl groups is 1. The highest BCUT2D eigenvalue weighted by molar-refractivity contribution is 6.18. The van der Waals surface area contributed by atoms with Crippen molar-refractivity contribution in [1.29, 1.82) is 0 Å². The standard InChI is InChI=1S/C14H16ClNO4/c1-19-8-9-4-14(18)20-13-5-10(2-3-12(9)13)16-7-11(17)6-15/h2-5,11,16-17H,6-8H2,1H3. The van der Waals surface area contributed by atoms with Crippen LogP contribution in [0.2, 0.25) is 0 Å². The van der Waals surface area contributed by atoms with Gasteiger partial charge in [0, 0.05) is 36.9 Å². The van der Waals surface area contributed by atoms with E-state index in [9.17, 15) is 9.90 Å². The van der Waals surface area contributed by atoms with Gasteiger partial charge in [0.15, 0.2) is 0 Å². The minimum atomic E-state index is -0.626. The van der Waals surface area contributed by atoms with Gasteiger partial charge in [-0.2, -0.15) is 0 Å². The number of anilines is 1. The molecular formula is C14H16ClNO4. The Labute approximate surface area is 121 Å². The van der Waals surface area contributed by atoms with Crippen LogP contribution in [0.3, 0.4) is 0 Å². The third kappa shape index (κ3) is 3.50. The molecule has 0 radical (unpaired) electrons. The first kappa shape index (κ1) is 14.8. The third-order valence-electron chi connectivity index (χ3n) is 2.85. The van der Waals surface area contributed by atoms with Crippen LogP contribution in [0, 0.1) is 0 Å². The Morgan fingerprint density at radius 1 is 1.45 bits per heavy atom.